The Kier molecular flexibility index (Phi) is 3.85. The Bertz CT molecular complexity index is 811. The second-order valence-electron chi connectivity index (χ2n) is 5.49. The van der Waals surface area contributed by atoms with Crippen LogP contribution in [0, 0.1) is 0 Å². The smallest absolute Gasteiger partial charge is 0.0125 e. The van der Waals surface area contributed by atoms with E-state index < -0.39 is 0 Å². The Morgan fingerprint density at radius 1 is 0.810 bits per heavy atom. The van der Waals surface area contributed by atoms with Crippen molar-refractivity contribution in [1.82, 2.24) is 0 Å². The molecule has 0 aliphatic heterocycles. The third-order valence-corrected chi connectivity index (χ3v) is 3.97. The van der Waals surface area contributed by atoms with Gasteiger partial charge in [-0.1, -0.05) is 60.2 Å². The van der Waals surface area contributed by atoms with E-state index in [9.17, 15) is 0 Å². The highest BCUT2D eigenvalue weighted by atomic mass is 32.1. The van der Waals surface area contributed by atoms with Crippen LogP contribution in [0.25, 0.3) is 26.5 Å². The summed E-state index contributed by atoms with van der Waals surface area (Å²) < 4.78 is 0. The Morgan fingerprint density at radius 2 is 1.33 bits per heavy atom. The summed E-state index contributed by atoms with van der Waals surface area (Å²) in [4.78, 5) is 1.00. The van der Waals surface area contributed by atoms with Crippen LogP contribution in [-0.4, -0.2) is 0 Å². The molecule has 1 heteroatoms. The van der Waals surface area contributed by atoms with E-state index in [-0.39, 0.29) is 0 Å². The summed E-state index contributed by atoms with van der Waals surface area (Å²) >= 11 is 4.76. The van der Waals surface area contributed by atoms with Gasteiger partial charge < -0.3 is 0 Å². The normalized spacial score (nSPS) is 11.9. The van der Waals surface area contributed by atoms with Gasteiger partial charge in [0.1, 0.15) is 0 Å². The van der Waals surface area contributed by atoms with Crippen molar-refractivity contribution in [2.75, 3.05) is 0 Å². The Balaban J connectivity index is 2.40. The third-order valence-electron chi connectivity index (χ3n) is 3.60. The zero-order valence-corrected chi connectivity index (χ0v) is 13.2. The van der Waals surface area contributed by atoms with Gasteiger partial charge in [0, 0.05) is 10.5 Å². The molecule has 3 aromatic carbocycles. The standard InChI is InChI=1S/C20H18S/c1-14(2)11-12-19(21)20-17-9-5-3-7-15(17)13-16-8-4-6-10-18(16)20/h3-13,21H,1-2H3/b19-12-. The van der Waals surface area contributed by atoms with Crippen molar-refractivity contribution in [3.8, 4) is 0 Å². The Labute approximate surface area is 131 Å². The average Bonchev–Trinajstić information content (AvgIpc) is 2.50. The third kappa shape index (κ3) is 2.74. The molecule has 0 saturated carbocycles. The summed E-state index contributed by atoms with van der Waals surface area (Å²) in [5.74, 6) is 0. The number of allylic oxidation sites excluding steroid dienone is 3. The van der Waals surface area contributed by atoms with E-state index in [0.29, 0.717) is 0 Å². The Morgan fingerprint density at radius 3 is 1.86 bits per heavy atom. The van der Waals surface area contributed by atoms with E-state index >= 15 is 0 Å². The van der Waals surface area contributed by atoms with Crippen molar-refractivity contribution in [2.24, 2.45) is 0 Å². The van der Waals surface area contributed by atoms with E-state index in [0.717, 1.165) is 4.91 Å². The molecule has 104 valence electrons. The molecule has 0 aliphatic carbocycles. The first kappa shape index (κ1) is 14.0. The molecule has 0 saturated heterocycles. The first-order valence-electron chi connectivity index (χ1n) is 7.12. The van der Waals surface area contributed by atoms with Crippen molar-refractivity contribution in [3.63, 3.8) is 0 Å². The van der Waals surface area contributed by atoms with Crippen LogP contribution in [0.15, 0.2) is 72.3 Å². The van der Waals surface area contributed by atoms with Crippen LogP contribution in [-0.2, 0) is 0 Å². The van der Waals surface area contributed by atoms with Crippen LogP contribution in [0.4, 0.5) is 0 Å². The summed E-state index contributed by atoms with van der Waals surface area (Å²) in [6.45, 7) is 4.19. The molecule has 0 fully saturated rings. The molecule has 0 radical (unpaired) electrons. The van der Waals surface area contributed by atoms with Crippen LogP contribution in [0.5, 0.6) is 0 Å². The molecule has 0 heterocycles. The molecule has 0 bridgehead atoms. The minimum atomic E-state index is 1.00. The van der Waals surface area contributed by atoms with Crippen LogP contribution < -0.4 is 0 Å². The molecular formula is C20H18S. The molecule has 3 rings (SSSR count). The molecule has 0 spiro atoms. The van der Waals surface area contributed by atoms with Crippen molar-refractivity contribution in [3.05, 3.63) is 77.9 Å². The summed E-state index contributed by atoms with van der Waals surface area (Å²) in [5, 5.41) is 5.01. The molecule has 3 aromatic rings. The number of hydrogen-bond acceptors (Lipinski definition) is 1. The van der Waals surface area contributed by atoms with Crippen molar-refractivity contribution >= 4 is 39.1 Å². The molecule has 0 unspecified atom stereocenters. The lowest BCUT2D eigenvalue weighted by molar-refractivity contribution is 1.40. The topological polar surface area (TPSA) is 0 Å². The molecule has 0 aliphatic rings. The Hall–Kier alpha value is -1.99. The van der Waals surface area contributed by atoms with E-state index in [1.165, 1.54) is 32.7 Å². The van der Waals surface area contributed by atoms with Gasteiger partial charge in [0.05, 0.1) is 0 Å². The van der Waals surface area contributed by atoms with Gasteiger partial charge in [-0.15, -0.1) is 12.6 Å². The predicted molar refractivity (Wildman–Crippen MR) is 97.8 cm³/mol. The number of rotatable bonds is 2. The highest BCUT2D eigenvalue weighted by Crippen LogP contribution is 2.34. The van der Waals surface area contributed by atoms with E-state index in [1.54, 1.807) is 0 Å². The van der Waals surface area contributed by atoms with Crippen LogP contribution in [0.1, 0.15) is 19.4 Å². The maximum Gasteiger partial charge on any atom is 0.0125 e. The summed E-state index contributed by atoms with van der Waals surface area (Å²) in [5.41, 5.74) is 2.48. The zero-order valence-electron chi connectivity index (χ0n) is 12.3. The van der Waals surface area contributed by atoms with Gasteiger partial charge in [-0.25, -0.2) is 0 Å². The fourth-order valence-electron chi connectivity index (χ4n) is 2.62. The maximum atomic E-state index is 4.76. The second-order valence-corrected chi connectivity index (χ2v) is 5.97. The molecule has 0 nitrogen and oxygen atoms in total. The van der Waals surface area contributed by atoms with E-state index in [4.69, 9.17) is 12.6 Å². The average molecular weight is 290 g/mol. The largest absolute Gasteiger partial charge is 0.143 e. The maximum absolute atomic E-state index is 4.76. The van der Waals surface area contributed by atoms with E-state index in [2.05, 4.69) is 80.6 Å². The molecule has 0 amide bonds. The lowest BCUT2D eigenvalue weighted by atomic mass is 9.96. The second kappa shape index (κ2) is 5.79. The summed E-state index contributed by atoms with van der Waals surface area (Å²) in [6, 6.07) is 19.2. The molecule has 0 atom stereocenters. The van der Waals surface area contributed by atoms with Gasteiger partial charge in [-0.3, -0.25) is 0 Å². The van der Waals surface area contributed by atoms with Gasteiger partial charge in [0.2, 0.25) is 0 Å². The molecule has 0 N–H and O–H groups in total. The lowest BCUT2D eigenvalue weighted by Gasteiger charge is -2.11. The number of thiol groups is 1. The molecule has 0 aromatic heterocycles. The highest BCUT2D eigenvalue weighted by Gasteiger charge is 2.08. The predicted octanol–water partition coefficient (Wildman–Crippen LogP) is 6.23. The van der Waals surface area contributed by atoms with Gasteiger partial charge in [0.15, 0.2) is 0 Å². The van der Waals surface area contributed by atoms with Crippen LogP contribution >= 0.6 is 12.6 Å². The van der Waals surface area contributed by atoms with Crippen LogP contribution in [0.3, 0.4) is 0 Å². The fraction of sp³-hybridized carbons (Fsp3) is 0.100. The quantitative estimate of drug-likeness (QED) is 0.323. The lowest BCUT2D eigenvalue weighted by Crippen LogP contribution is -1.86. The minimum Gasteiger partial charge on any atom is -0.143 e. The summed E-state index contributed by atoms with van der Waals surface area (Å²) in [7, 11) is 0. The van der Waals surface area contributed by atoms with Gasteiger partial charge in [-0.2, -0.15) is 0 Å². The van der Waals surface area contributed by atoms with Gasteiger partial charge >= 0.3 is 0 Å². The van der Waals surface area contributed by atoms with E-state index in [1.807, 2.05) is 0 Å². The molecule has 21 heavy (non-hydrogen) atoms. The van der Waals surface area contributed by atoms with Crippen LogP contribution in [0.2, 0.25) is 0 Å². The first-order chi connectivity index (χ1) is 10.2. The fourth-order valence-corrected chi connectivity index (χ4v) is 2.93. The number of hydrogen-bond donors (Lipinski definition) is 1. The van der Waals surface area contributed by atoms with Crippen molar-refractivity contribution in [1.29, 1.82) is 0 Å². The first-order valence-corrected chi connectivity index (χ1v) is 7.56. The molecular weight excluding hydrogens is 272 g/mol. The van der Waals surface area contributed by atoms with Crippen molar-refractivity contribution in [2.45, 2.75) is 13.8 Å². The minimum absolute atomic E-state index is 1.00. The highest BCUT2D eigenvalue weighted by molar-refractivity contribution is 7.90. The van der Waals surface area contributed by atoms with Gasteiger partial charge in [0.25, 0.3) is 0 Å². The summed E-state index contributed by atoms with van der Waals surface area (Å²) in [6.07, 6.45) is 4.20. The SMILES string of the molecule is CC(C)=C/C=C(\S)c1c2ccccc2cc2ccccc12. The number of benzene rings is 3. The monoisotopic (exact) mass is 290 g/mol. The number of fused-ring (bicyclic) bond motifs is 2. The van der Waals surface area contributed by atoms with Crippen molar-refractivity contribution < 1.29 is 0 Å². The zero-order chi connectivity index (χ0) is 14.8. The van der Waals surface area contributed by atoms with Gasteiger partial charge in [-0.05, 0) is 47.5 Å².